The van der Waals surface area contributed by atoms with Gasteiger partial charge in [0.25, 0.3) is 0 Å². The van der Waals surface area contributed by atoms with Crippen LogP contribution in [0.2, 0.25) is 0 Å². The van der Waals surface area contributed by atoms with Gasteiger partial charge < -0.3 is 20.1 Å². The van der Waals surface area contributed by atoms with Crippen LogP contribution in [0.25, 0.3) is 0 Å². The molecule has 0 aromatic carbocycles. The maximum absolute atomic E-state index is 11.7. The van der Waals surface area contributed by atoms with E-state index in [0.717, 1.165) is 19.5 Å². The van der Waals surface area contributed by atoms with Gasteiger partial charge in [-0.05, 0) is 13.3 Å². The number of carbonyl (C=O) groups excluding carboxylic acids is 1. The van der Waals surface area contributed by atoms with E-state index in [2.05, 4.69) is 10.6 Å². The number of amides is 1. The van der Waals surface area contributed by atoms with E-state index in [9.17, 15) is 4.79 Å². The Labute approximate surface area is 96.9 Å². The largest absolute Gasteiger partial charge is 0.383 e. The van der Waals surface area contributed by atoms with Crippen LogP contribution in [0, 0.1) is 5.92 Å². The lowest BCUT2D eigenvalue weighted by Crippen LogP contribution is -2.38. The van der Waals surface area contributed by atoms with Crippen LogP contribution < -0.4 is 10.6 Å². The van der Waals surface area contributed by atoms with Gasteiger partial charge in [0.1, 0.15) is 0 Å². The molecule has 0 bridgehead atoms. The third kappa shape index (κ3) is 4.47. The first-order valence-corrected chi connectivity index (χ1v) is 5.84. The first kappa shape index (κ1) is 13.4. The third-order valence-corrected chi connectivity index (χ3v) is 2.80. The summed E-state index contributed by atoms with van der Waals surface area (Å²) in [7, 11) is 1.67. The van der Waals surface area contributed by atoms with Gasteiger partial charge in [-0.25, -0.2) is 0 Å². The minimum atomic E-state index is 0.0268. The van der Waals surface area contributed by atoms with Crippen LogP contribution >= 0.6 is 0 Å². The van der Waals surface area contributed by atoms with Gasteiger partial charge in [-0.2, -0.15) is 0 Å². The van der Waals surface area contributed by atoms with Gasteiger partial charge >= 0.3 is 0 Å². The number of methoxy groups -OCH3 is 1. The predicted octanol–water partition coefficient (Wildman–Crippen LogP) is -0.236. The Hall–Kier alpha value is -0.650. The fourth-order valence-corrected chi connectivity index (χ4v) is 1.78. The number of rotatable bonds is 7. The molecule has 2 atom stereocenters. The van der Waals surface area contributed by atoms with E-state index in [1.165, 1.54) is 0 Å². The highest BCUT2D eigenvalue weighted by Gasteiger charge is 2.30. The van der Waals surface area contributed by atoms with Crippen molar-refractivity contribution in [2.75, 3.05) is 40.0 Å². The van der Waals surface area contributed by atoms with E-state index >= 15 is 0 Å². The predicted molar refractivity (Wildman–Crippen MR) is 61.3 cm³/mol. The number of hydrogen-bond acceptors (Lipinski definition) is 4. The highest BCUT2D eigenvalue weighted by Crippen LogP contribution is 2.19. The summed E-state index contributed by atoms with van der Waals surface area (Å²) in [4.78, 5) is 11.7. The molecule has 0 aromatic rings. The second kappa shape index (κ2) is 7.60. The Morgan fingerprint density at radius 3 is 2.88 bits per heavy atom. The summed E-state index contributed by atoms with van der Waals surface area (Å²) in [6.45, 7) is 5.60. The van der Waals surface area contributed by atoms with Gasteiger partial charge in [-0.1, -0.05) is 0 Å². The molecule has 0 spiro atoms. The van der Waals surface area contributed by atoms with E-state index in [0.29, 0.717) is 19.8 Å². The molecule has 0 radical (unpaired) electrons. The van der Waals surface area contributed by atoms with Gasteiger partial charge in [0, 0.05) is 33.4 Å². The molecule has 1 saturated heterocycles. The van der Waals surface area contributed by atoms with Gasteiger partial charge in [-0.3, -0.25) is 4.79 Å². The minimum Gasteiger partial charge on any atom is -0.383 e. The van der Waals surface area contributed by atoms with Crippen LogP contribution in [0.4, 0.5) is 0 Å². The Morgan fingerprint density at radius 1 is 1.44 bits per heavy atom. The van der Waals surface area contributed by atoms with Gasteiger partial charge in [0.05, 0.1) is 18.6 Å². The van der Waals surface area contributed by atoms with Gasteiger partial charge in [0.15, 0.2) is 0 Å². The normalized spacial score (nSPS) is 24.6. The standard InChI is InChI=1S/C11H22N2O3/c1-9-10(3-7-16-9)11(14)13-5-4-12-6-8-15-2/h9-10,12H,3-8H2,1-2H3,(H,13,14). The fourth-order valence-electron chi connectivity index (χ4n) is 1.78. The van der Waals surface area contributed by atoms with E-state index in [4.69, 9.17) is 9.47 Å². The summed E-state index contributed by atoms with van der Waals surface area (Å²) in [5, 5.41) is 6.08. The van der Waals surface area contributed by atoms with Gasteiger partial charge in [-0.15, -0.1) is 0 Å². The molecule has 1 rings (SSSR count). The second-order valence-electron chi connectivity index (χ2n) is 4.00. The molecule has 5 heteroatoms. The molecule has 1 fully saturated rings. The molecular weight excluding hydrogens is 208 g/mol. The lowest BCUT2D eigenvalue weighted by molar-refractivity contribution is -0.126. The molecule has 0 saturated carbocycles. The van der Waals surface area contributed by atoms with E-state index in [-0.39, 0.29) is 17.9 Å². The van der Waals surface area contributed by atoms with Gasteiger partial charge in [0.2, 0.25) is 5.91 Å². The lowest BCUT2D eigenvalue weighted by atomic mass is 10.0. The lowest BCUT2D eigenvalue weighted by Gasteiger charge is -2.14. The Morgan fingerprint density at radius 2 is 2.25 bits per heavy atom. The van der Waals surface area contributed by atoms with Crippen molar-refractivity contribution < 1.29 is 14.3 Å². The molecule has 16 heavy (non-hydrogen) atoms. The number of carbonyl (C=O) groups is 1. The molecule has 1 heterocycles. The summed E-state index contributed by atoms with van der Waals surface area (Å²) < 4.78 is 10.3. The first-order chi connectivity index (χ1) is 7.75. The van der Waals surface area contributed by atoms with E-state index in [1.807, 2.05) is 6.92 Å². The van der Waals surface area contributed by atoms with Crippen molar-refractivity contribution in [3.05, 3.63) is 0 Å². The van der Waals surface area contributed by atoms with Crippen LogP contribution in [0.3, 0.4) is 0 Å². The molecule has 94 valence electrons. The molecular formula is C11H22N2O3. The zero-order valence-electron chi connectivity index (χ0n) is 10.1. The van der Waals surface area contributed by atoms with Crippen LogP contribution in [0.5, 0.6) is 0 Å². The summed E-state index contributed by atoms with van der Waals surface area (Å²) in [6.07, 6.45) is 0.894. The average Bonchev–Trinajstić information content (AvgIpc) is 2.69. The number of hydrogen-bond donors (Lipinski definition) is 2. The highest BCUT2D eigenvalue weighted by atomic mass is 16.5. The summed E-state index contributed by atoms with van der Waals surface area (Å²) in [5.74, 6) is 0.137. The maximum atomic E-state index is 11.7. The van der Waals surface area contributed by atoms with Crippen molar-refractivity contribution in [2.45, 2.75) is 19.4 Å². The van der Waals surface area contributed by atoms with Crippen molar-refractivity contribution >= 4 is 5.91 Å². The summed E-state index contributed by atoms with van der Waals surface area (Å²) >= 11 is 0. The summed E-state index contributed by atoms with van der Waals surface area (Å²) in [5.41, 5.74) is 0. The average molecular weight is 230 g/mol. The highest BCUT2D eigenvalue weighted by molar-refractivity contribution is 5.79. The topological polar surface area (TPSA) is 59.6 Å². The van der Waals surface area contributed by atoms with Crippen molar-refractivity contribution in [3.8, 4) is 0 Å². The number of ether oxygens (including phenoxy) is 2. The van der Waals surface area contributed by atoms with Crippen LogP contribution in [0.1, 0.15) is 13.3 Å². The molecule has 0 aliphatic carbocycles. The molecule has 1 aliphatic rings. The second-order valence-corrected chi connectivity index (χ2v) is 4.00. The van der Waals surface area contributed by atoms with Crippen molar-refractivity contribution in [1.29, 1.82) is 0 Å². The zero-order chi connectivity index (χ0) is 11.8. The minimum absolute atomic E-state index is 0.0268. The molecule has 1 amide bonds. The summed E-state index contributed by atoms with van der Waals surface area (Å²) in [6, 6.07) is 0. The van der Waals surface area contributed by atoms with Crippen LogP contribution in [-0.2, 0) is 14.3 Å². The fraction of sp³-hybridized carbons (Fsp3) is 0.909. The van der Waals surface area contributed by atoms with Crippen molar-refractivity contribution in [3.63, 3.8) is 0 Å². The molecule has 2 unspecified atom stereocenters. The quantitative estimate of drug-likeness (QED) is 0.593. The molecule has 1 aliphatic heterocycles. The molecule has 0 aromatic heterocycles. The molecule has 2 N–H and O–H groups in total. The van der Waals surface area contributed by atoms with Crippen molar-refractivity contribution in [2.24, 2.45) is 5.92 Å². The number of nitrogens with one attached hydrogen (secondary N) is 2. The Kier molecular flexibility index (Phi) is 6.37. The monoisotopic (exact) mass is 230 g/mol. The van der Waals surface area contributed by atoms with E-state index < -0.39 is 0 Å². The SMILES string of the molecule is COCCNCCNC(=O)C1CCOC1C. The Bertz CT molecular complexity index is 211. The molecule has 5 nitrogen and oxygen atoms in total. The Balaban J connectivity index is 2.02. The maximum Gasteiger partial charge on any atom is 0.225 e. The smallest absolute Gasteiger partial charge is 0.225 e. The van der Waals surface area contributed by atoms with Crippen LogP contribution in [-0.4, -0.2) is 52.0 Å². The van der Waals surface area contributed by atoms with Crippen LogP contribution in [0.15, 0.2) is 0 Å². The first-order valence-electron chi connectivity index (χ1n) is 5.84. The van der Waals surface area contributed by atoms with E-state index in [1.54, 1.807) is 7.11 Å². The van der Waals surface area contributed by atoms with Crippen molar-refractivity contribution in [1.82, 2.24) is 10.6 Å². The zero-order valence-corrected chi connectivity index (χ0v) is 10.1. The third-order valence-electron chi connectivity index (χ3n) is 2.80.